The van der Waals surface area contributed by atoms with Crippen molar-refractivity contribution in [2.75, 3.05) is 19.6 Å². The van der Waals surface area contributed by atoms with E-state index in [0.29, 0.717) is 11.8 Å². The third kappa shape index (κ3) is 1.81. The van der Waals surface area contributed by atoms with Gasteiger partial charge in [-0.2, -0.15) is 0 Å². The summed E-state index contributed by atoms with van der Waals surface area (Å²) in [4.78, 5) is 2.59. The molecule has 0 bridgehead atoms. The predicted molar refractivity (Wildman–Crippen MR) is 53.9 cm³/mol. The van der Waals surface area contributed by atoms with Crippen molar-refractivity contribution in [3.05, 3.63) is 0 Å². The van der Waals surface area contributed by atoms with Gasteiger partial charge in [0.15, 0.2) is 0 Å². The average molecular weight is 185 g/mol. The number of nitrogens with one attached hydrogen (secondary N) is 1. The quantitative estimate of drug-likeness (QED) is 0.572. The van der Waals surface area contributed by atoms with Crippen LogP contribution < -0.4 is 5.32 Å². The van der Waals surface area contributed by atoms with Crippen LogP contribution in [0.5, 0.6) is 0 Å². The molecular weight excluding hydrogens is 167 g/mol. The molecular formula is C9H18N2P-. The second-order valence-electron chi connectivity index (χ2n) is 3.89. The average Bonchev–Trinajstić information content (AvgIpc) is 2.29. The zero-order valence-electron chi connectivity index (χ0n) is 7.55. The van der Waals surface area contributed by atoms with Crippen LogP contribution in [0.2, 0.25) is 0 Å². The van der Waals surface area contributed by atoms with Gasteiger partial charge in [-0.15, -0.1) is 5.66 Å². The van der Waals surface area contributed by atoms with Crippen molar-refractivity contribution in [1.82, 2.24) is 10.2 Å². The smallest absolute Gasteiger partial charge is 0.0359 e. The van der Waals surface area contributed by atoms with Crippen molar-refractivity contribution in [1.29, 1.82) is 0 Å². The Balaban J connectivity index is 2.01. The molecule has 2 aliphatic rings. The van der Waals surface area contributed by atoms with Gasteiger partial charge >= 0.3 is 0 Å². The van der Waals surface area contributed by atoms with Crippen molar-refractivity contribution < 1.29 is 0 Å². The molecule has 0 aromatic heterocycles. The molecule has 0 amide bonds. The van der Waals surface area contributed by atoms with E-state index in [-0.39, 0.29) is 0 Å². The number of hydrogen-bond donors (Lipinski definition) is 1. The van der Waals surface area contributed by atoms with Crippen LogP contribution in [0.1, 0.15) is 25.7 Å². The minimum Gasteiger partial charge on any atom is -0.552 e. The summed E-state index contributed by atoms with van der Waals surface area (Å²) in [6.45, 7) is 3.78. The minimum absolute atomic E-state index is 0.609. The molecule has 0 aromatic carbocycles. The summed E-state index contributed by atoms with van der Waals surface area (Å²) >= 11 is 0. The summed E-state index contributed by atoms with van der Waals surface area (Å²) in [5.41, 5.74) is 0.660. The van der Waals surface area contributed by atoms with Crippen molar-refractivity contribution in [3.8, 4) is 0 Å². The molecule has 70 valence electrons. The molecule has 2 heterocycles. The van der Waals surface area contributed by atoms with E-state index in [1.165, 1.54) is 45.3 Å². The summed E-state index contributed by atoms with van der Waals surface area (Å²) in [6.07, 6.45) is 6.00. The van der Waals surface area contributed by atoms with E-state index in [4.69, 9.17) is 0 Å². The van der Waals surface area contributed by atoms with E-state index in [0.717, 1.165) is 0 Å². The molecule has 12 heavy (non-hydrogen) atoms. The first-order chi connectivity index (χ1) is 5.88. The van der Waals surface area contributed by atoms with Crippen LogP contribution in [0.15, 0.2) is 0 Å². The van der Waals surface area contributed by atoms with Crippen LogP contribution in [-0.2, 0) is 0 Å². The number of fused-ring (bicyclic) bond motifs is 1. The van der Waals surface area contributed by atoms with Crippen molar-refractivity contribution in [3.63, 3.8) is 0 Å². The molecule has 2 atom stereocenters. The molecule has 0 aromatic rings. The Kier molecular flexibility index (Phi) is 3.00. The predicted octanol–water partition coefficient (Wildman–Crippen LogP) is 1.30. The molecule has 0 spiro atoms. The lowest BCUT2D eigenvalue weighted by molar-refractivity contribution is 0.138. The fourth-order valence-electron chi connectivity index (χ4n) is 2.28. The molecule has 1 N–H and O–H groups in total. The van der Waals surface area contributed by atoms with E-state index in [9.17, 15) is 0 Å². The lowest BCUT2D eigenvalue weighted by Crippen LogP contribution is -2.54. The van der Waals surface area contributed by atoms with Crippen molar-refractivity contribution in [2.24, 2.45) is 0 Å². The topological polar surface area (TPSA) is 15.3 Å². The van der Waals surface area contributed by atoms with E-state index in [2.05, 4.69) is 19.5 Å². The molecule has 3 heteroatoms. The van der Waals surface area contributed by atoms with Gasteiger partial charge in [0.2, 0.25) is 0 Å². The Morgan fingerprint density at radius 3 is 2.92 bits per heavy atom. The number of hydrogen-bond acceptors (Lipinski definition) is 2. The Hall–Kier alpha value is 0.350. The molecule has 2 nitrogen and oxygen atoms in total. The van der Waals surface area contributed by atoms with Crippen LogP contribution in [0, 0.1) is 0 Å². The third-order valence-electron chi connectivity index (χ3n) is 2.96. The maximum Gasteiger partial charge on any atom is 0.0359 e. The van der Waals surface area contributed by atoms with Gasteiger partial charge in [-0.1, -0.05) is 12.8 Å². The Bertz CT molecular complexity index is 151. The maximum atomic E-state index is 3.83. The maximum absolute atomic E-state index is 3.83. The first-order valence-electron chi connectivity index (χ1n) is 5.06. The zero-order chi connectivity index (χ0) is 8.39. The summed E-state index contributed by atoms with van der Waals surface area (Å²) in [5.74, 6) is 0. The van der Waals surface area contributed by atoms with Gasteiger partial charge in [0.1, 0.15) is 0 Å². The Labute approximate surface area is 77.3 Å². The normalized spacial score (nSPS) is 38.8. The fourth-order valence-corrected chi connectivity index (χ4v) is 2.82. The first kappa shape index (κ1) is 8.93. The highest BCUT2D eigenvalue weighted by atomic mass is 31.0. The summed E-state index contributed by atoms with van der Waals surface area (Å²) in [5, 5.41) is 3.59. The highest BCUT2D eigenvalue weighted by Gasteiger charge is 2.24. The van der Waals surface area contributed by atoms with Crippen LogP contribution >= 0.6 is 9.24 Å². The molecule has 0 radical (unpaired) electrons. The number of nitrogens with zero attached hydrogens (tertiary/aromatic N) is 1. The van der Waals surface area contributed by atoms with E-state index in [1.807, 2.05) is 0 Å². The van der Waals surface area contributed by atoms with Gasteiger partial charge in [0.25, 0.3) is 0 Å². The zero-order valence-corrected chi connectivity index (χ0v) is 8.55. The van der Waals surface area contributed by atoms with E-state index >= 15 is 0 Å². The van der Waals surface area contributed by atoms with Crippen LogP contribution in [0.3, 0.4) is 0 Å². The van der Waals surface area contributed by atoms with Crippen molar-refractivity contribution in [2.45, 2.75) is 37.5 Å². The van der Waals surface area contributed by atoms with Crippen LogP contribution in [0.4, 0.5) is 0 Å². The van der Waals surface area contributed by atoms with Gasteiger partial charge in [-0.25, -0.2) is 0 Å². The monoisotopic (exact) mass is 185 g/mol. The second kappa shape index (κ2) is 4.04. The summed E-state index contributed by atoms with van der Waals surface area (Å²) in [7, 11) is 3.83. The first-order valence-corrected chi connectivity index (χ1v) is 5.64. The standard InChI is InChI=1S/C9H18N2P/c12-8-4-1-2-6-11-7-3-5-10-9(8)11/h8-10,12H,1-7H2/q-1. The Morgan fingerprint density at radius 2 is 2.00 bits per heavy atom. The molecule has 2 fully saturated rings. The molecule has 2 saturated heterocycles. The molecule has 2 aliphatic heterocycles. The van der Waals surface area contributed by atoms with E-state index < -0.39 is 0 Å². The summed E-state index contributed by atoms with van der Waals surface area (Å²) in [6, 6.07) is 0. The lowest BCUT2D eigenvalue weighted by atomic mass is 10.1. The van der Waals surface area contributed by atoms with Gasteiger partial charge in [0, 0.05) is 12.7 Å². The fraction of sp³-hybridized carbons (Fsp3) is 1.00. The lowest BCUT2D eigenvalue weighted by Gasteiger charge is -2.41. The molecule has 2 unspecified atom stereocenters. The van der Waals surface area contributed by atoms with Crippen LogP contribution in [0.25, 0.3) is 0 Å². The van der Waals surface area contributed by atoms with E-state index in [1.54, 1.807) is 0 Å². The van der Waals surface area contributed by atoms with Crippen molar-refractivity contribution >= 4 is 9.24 Å². The SMILES string of the molecule is [PH-]C1CCCCN2CCCNC12. The minimum atomic E-state index is 0.609. The third-order valence-corrected chi connectivity index (χ3v) is 3.56. The largest absolute Gasteiger partial charge is 0.552 e. The highest BCUT2D eigenvalue weighted by Crippen LogP contribution is 2.23. The van der Waals surface area contributed by atoms with Gasteiger partial charge in [-0.3, -0.25) is 4.90 Å². The summed E-state index contributed by atoms with van der Waals surface area (Å²) < 4.78 is 0. The van der Waals surface area contributed by atoms with Gasteiger partial charge in [0.05, 0.1) is 0 Å². The van der Waals surface area contributed by atoms with Gasteiger partial charge in [-0.05, 0) is 25.9 Å². The Morgan fingerprint density at radius 1 is 1.17 bits per heavy atom. The highest BCUT2D eigenvalue weighted by molar-refractivity contribution is 7.17. The second-order valence-corrected chi connectivity index (χ2v) is 4.63. The number of rotatable bonds is 0. The van der Waals surface area contributed by atoms with Gasteiger partial charge < -0.3 is 14.6 Å². The molecule has 0 saturated carbocycles. The van der Waals surface area contributed by atoms with Crippen LogP contribution in [-0.4, -0.2) is 36.4 Å². The molecule has 2 rings (SSSR count). The molecule has 0 aliphatic carbocycles.